The van der Waals surface area contributed by atoms with Gasteiger partial charge in [-0.1, -0.05) is 0 Å². The van der Waals surface area contributed by atoms with Crippen LogP contribution >= 0.6 is 11.3 Å². The summed E-state index contributed by atoms with van der Waals surface area (Å²) in [6, 6.07) is 3.46. The third-order valence-electron chi connectivity index (χ3n) is 2.10. The van der Waals surface area contributed by atoms with Crippen molar-refractivity contribution < 1.29 is 24.0 Å². The maximum absolute atomic E-state index is 11.7. The van der Waals surface area contributed by atoms with Crippen LogP contribution in [0.25, 0.3) is 10.8 Å². The Bertz CT molecular complexity index is 590. The van der Waals surface area contributed by atoms with E-state index in [-0.39, 0.29) is 5.69 Å². The number of nitrogens with one attached hydrogen (secondary N) is 1. The fourth-order valence-electron chi connectivity index (χ4n) is 1.32. The molecule has 2 rings (SSSR count). The van der Waals surface area contributed by atoms with Gasteiger partial charge in [0.25, 0.3) is 5.91 Å². The smallest absolute Gasteiger partial charge is 0.332 e. The van der Waals surface area contributed by atoms with E-state index in [1.54, 1.807) is 19.1 Å². The van der Waals surface area contributed by atoms with Crippen LogP contribution in [0.15, 0.2) is 22.8 Å². The van der Waals surface area contributed by atoms with Crippen molar-refractivity contribution in [1.29, 1.82) is 0 Å². The largest absolute Gasteiger partial charge is 0.479 e. The zero-order valence-electron chi connectivity index (χ0n) is 9.87. The van der Waals surface area contributed by atoms with Crippen LogP contribution in [0.5, 0.6) is 0 Å². The van der Waals surface area contributed by atoms with E-state index in [9.17, 15) is 9.59 Å². The Kier molecular flexibility index (Phi) is 3.93. The summed E-state index contributed by atoms with van der Waals surface area (Å²) < 4.78 is 5.19. The van der Waals surface area contributed by atoms with Crippen LogP contribution in [0.1, 0.15) is 15.4 Å². The zero-order chi connectivity index (χ0) is 13.8. The van der Waals surface area contributed by atoms with Crippen LogP contribution in [-0.2, 0) is 9.63 Å². The Morgan fingerprint density at radius 1 is 1.58 bits per heavy atom. The zero-order valence-corrected chi connectivity index (χ0v) is 10.7. The number of carboxylic acids is 1. The van der Waals surface area contributed by atoms with Crippen LogP contribution in [0.3, 0.4) is 0 Å². The summed E-state index contributed by atoms with van der Waals surface area (Å²) in [5.74, 6) is -1.20. The molecule has 0 aromatic carbocycles. The summed E-state index contributed by atoms with van der Waals surface area (Å²) >= 11 is 1.30. The molecule has 0 aliphatic rings. The molecule has 0 fully saturated rings. The molecule has 0 aliphatic carbocycles. The maximum Gasteiger partial charge on any atom is 0.332 e. The second-order valence-corrected chi connectivity index (χ2v) is 4.72. The number of hydrogen-bond donors (Lipinski definition) is 2. The van der Waals surface area contributed by atoms with Crippen molar-refractivity contribution in [2.24, 2.45) is 0 Å². The number of thiazole rings is 1. The highest BCUT2D eigenvalue weighted by Crippen LogP contribution is 2.27. The second kappa shape index (κ2) is 5.63. The molecule has 0 unspecified atom stereocenters. The average Bonchev–Trinajstić information content (AvgIpc) is 2.96. The molecule has 0 bridgehead atoms. The van der Waals surface area contributed by atoms with Crippen LogP contribution < -0.4 is 5.48 Å². The Hall–Kier alpha value is -2.19. The number of amides is 1. The molecule has 0 radical (unpaired) electrons. The van der Waals surface area contributed by atoms with Crippen molar-refractivity contribution in [3.05, 3.63) is 29.0 Å². The summed E-state index contributed by atoms with van der Waals surface area (Å²) in [5.41, 5.74) is 2.21. The van der Waals surface area contributed by atoms with Crippen LogP contribution in [0, 0.1) is 6.92 Å². The normalized spacial score (nSPS) is 10.4. The van der Waals surface area contributed by atoms with E-state index in [1.165, 1.54) is 17.6 Å². The lowest BCUT2D eigenvalue weighted by molar-refractivity contribution is -0.144. The van der Waals surface area contributed by atoms with E-state index < -0.39 is 18.5 Å². The van der Waals surface area contributed by atoms with Crippen molar-refractivity contribution in [2.45, 2.75) is 6.92 Å². The van der Waals surface area contributed by atoms with Gasteiger partial charge in [0.1, 0.15) is 5.69 Å². The number of aromatic nitrogens is 1. The number of carbonyl (C=O) groups excluding carboxylic acids is 1. The van der Waals surface area contributed by atoms with E-state index in [1.807, 2.05) is 5.48 Å². The van der Waals surface area contributed by atoms with E-state index in [0.29, 0.717) is 15.6 Å². The summed E-state index contributed by atoms with van der Waals surface area (Å²) in [7, 11) is 0. The highest BCUT2D eigenvalue weighted by molar-refractivity contribution is 7.15. The van der Waals surface area contributed by atoms with Gasteiger partial charge in [0, 0.05) is 4.88 Å². The highest BCUT2D eigenvalue weighted by atomic mass is 32.1. The summed E-state index contributed by atoms with van der Waals surface area (Å²) in [5, 5.41) is 8.95. The van der Waals surface area contributed by atoms with Gasteiger partial charge >= 0.3 is 5.97 Å². The topological polar surface area (TPSA) is 102 Å². The molecule has 2 heterocycles. The van der Waals surface area contributed by atoms with Gasteiger partial charge in [-0.15, -0.1) is 11.3 Å². The van der Waals surface area contributed by atoms with Crippen LogP contribution in [0.2, 0.25) is 0 Å². The molecule has 0 spiro atoms. The molecule has 100 valence electrons. The van der Waals surface area contributed by atoms with E-state index in [0.717, 1.165) is 0 Å². The first kappa shape index (κ1) is 13.2. The van der Waals surface area contributed by atoms with Crippen molar-refractivity contribution >= 4 is 23.2 Å². The number of hydrogen-bond acceptors (Lipinski definition) is 6. The number of carboxylic acid groups (broad SMARTS) is 1. The molecule has 2 N–H and O–H groups in total. The molecule has 0 saturated carbocycles. The van der Waals surface area contributed by atoms with E-state index in [4.69, 9.17) is 9.52 Å². The molecule has 2 aromatic heterocycles. The first-order chi connectivity index (χ1) is 9.08. The molecule has 0 aliphatic heterocycles. The number of hydroxylamine groups is 1. The van der Waals surface area contributed by atoms with Crippen molar-refractivity contribution in [3.63, 3.8) is 0 Å². The molecule has 2 aromatic rings. The lowest BCUT2D eigenvalue weighted by Crippen LogP contribution is -2.27. The Morgan fingerprint density at radius 2 is 2.37 bits per heavy atom. The lowest BCUT2D eigenvalue weighted by Gasteiger charge is -2.01. The van der Waals surface area contributed by atoms with Gasteiger partial charge in [0.05, 0.1) is 6.26 Å². The minimum atomic E-state index is -1.17. The van der Waals surface area contributed by atoms with Crippen LogP contribution in [-0.4, -0.2) is 28.6 Å². The minimum Gasteiger partial charge on any atom is -0.479 e. The Labute approximate surface area is 111 Å². The molecule has 7 nitrogen and oxygen atoms in total. The number of carbonyl (C=O) groups is 2. The number of furan rings is 1. The van der Waals surface area contributed by atoms with Gasteiger partial charge < -0.3 is 9.52 Å². The second-order valence-electron chi connectivity index (χ2n) is 3.51. The maximum atomic E-state index is 11.7. The van der Waals surface area contributed by atoms with Gasteiger partial charge in [-0.2, -0.15) is 0 Å². The molecular weight excluding hydrogens is 272 g/mol. The molecule has 19 heavy (non-hydrogen) atoms. The number of aliphatic carboxylic acids is 1. The fraction of sp³-hybridized carbons (Fsp3) is 0.182. The first-order valence-electron chi connectivity index (χ1n) is 5.23. The third kappa shape index (κ3) is 3.18. The average molecular weight is 282 g/mol. The predicted octanol–water partition coefficient (Wildman–Crippen LogP) is 1.46. The van der Waals surface area contributed by atoms with Gasteiger partial charge in [0.2, 0.25) is 0 Å². The number of rotatable bonds is 5. The van der Waals surface area contributed by atoms with Gasteiger partial charge in [-0.3, -0.25) is 9.63 Å². The van der Waals surface area contributed by atoms with Crippen molar-refractivity contribution in [3.8, 4) is 10.8 Å². The van der Waals surface area contributed by atoms with Crippen LogP contribution in [0.4, 0.5) is 0 Å². The van der Waals surface area contributed by atoms with E-state index >= 15 is 0 Å². The SMILES string of the molecule is Cc1sc(-c2ccco2)nc1C(=O)NOCC(=O)O. The van der Waals surface area contributed by atoms with Crippen molar-refractivity contribution in [1.82, 2.24) is 10.5 Å². The van der Waals surface area contributed by atoms with Gasteiger partial charge in [-0.05, 0) is 19.1 Å². The standard InChI is InChI=1S/C11H10N2O5S/c1-6-9(10(16)13-18-5-8(14)15)12-11(19-6)7-3-2-4-17-7/h2-4H,5H2,1H3,(H,13,16)(H,14,15). The molecule has 0 saturated heterocycles. The Balaban J connectivity index is 2.08. The minimum absolute atomic E-state index is 0.182. The predicted molar refractivity (Wildman–Crippen MR) is 65.6 cm³/mol. The summed E-state index contributed by atoms with van der Waals surface area (Å²) in [6.07, 6.45) is 1.52. The van der Waals surface area contributed by atoms with Crippen molar-refractivity contribution in [2.75, 3.05) is 6.61 Å². The third-order valence-corrected chi connectivity index (χ3v) is 3.09. The monoisotopic (exact) mass is 282 g/mol. The van der Waals surface area contributed by atoms with Gasteiger partial charge in [0.15, 0.2) is 17.4 Å². The molecular formula is C11H10N2O5S. The summed E-state index contributed by atoms with van der Waals surface area (Å²) in [6.45, 7) is 1.12. The summed E-state index contributed by atoms with van der Waals surface area (Å²) in [4.78, 5) is 31.3. The quantitative estimate of drug-likeness (QED) is 0.805. The van der Waals surface area contributed by atoms with Gasteiger partial charge in [-0.25, -0.2) is 15.3 Å². The fourth-order valence-corrected chi connectivity index (χ4v) is 2.20. The van der Waals surface area contributed by atoms with E-state index in [2.05, 4.69) is 9.82 Å². The molecule has 1 amide bonds. The lowest BCUT2D eigenvalue weighted by atomic mass is 10.3. The molecule has 8 heteroatoms. The number of nitrogens with zero attached hydrogens (tertiary/aromatic N) is 1. The molecule has 0 atom stereocenters. The number of aryl methyl sites for hydroxylation is 1. The first-order valence-corrected chi connectivity index (χ1v) is 6.05. The Morgan fingerprint density at radius 3 is 3.00 bits per heavy atom. The highest BCUT2D eigenvalue weighted by Gasteiger charge is 2.17.